The average molecular weight is 311 g/mol. The molecule has 0 aliphatic carbocycles. The van der Waals surface area contributed by atoms with Crippen LogP contribution in [0.3, 0.4) is 0 Å². The number of carboxylic acid groups (broad SMARTS) is 1. The third kappa shape index (κ3) is 3.20. The summed E-state index contributed by atoms with van der Waals surface area (Å²) in [5, 5.41) is 12.2. The van der Waals surface area contributed by atoms with Crippen molar-refractivity contribution < 1.29 is 23.8 Å². The number of hydrogen-bond donors (Lipinski definition) is 2. The van der Waals surface area contributed by atoms with E-state index in [2.05, 4.69) is 5.32 Å². The molecule has 5 nitrogen and oxygen atoms in total. The standard InChI is InChI=1S/C14H14FNO4S/c1-14(7-20-2,13(18)19)16-12(17)11-6-8-5-9(15)3-4-10(8)21-11/h3-6H,7H2,1-2H3,(H,16,17)(H,18,19). The summed E-state index contributed by atoms with van der Waals surface area (Å²) in [4.78, 5) is 23.8. The van der Waals surface area contributed by atoms with E-state index in [0.29, 0.717) is 10.3 Å². The lowest BCUT2D eigenvalue weighted by Crippen LogP contribution is -2.55. The minimum Gasteiger partial charge on any atom is -0.479 e. The van der Waals surface area contributed by atoms with Crippen molar-refractivity contribution in [1.82, 2.24) is 5.32 Å². The number of carbonyl (C=O) groups is 2. The molecule has 1 aromatic carbocycles. The number of rotatable bonds is 5. The van der Waals surface area contributed by atoms with Crippen LogP contribution in [0.4, 0.5) is 4.39 Å². The van der Waals surface area contributed by atoms with Gasteiger partial charge in [0.15, 0.2) is 5.54 Å². The molecule has 0 bridgehead atoms. The van der Waals surface area contributed by atoms with Crippen molar-refractivity contribution in [3.05, 3.63) is 35.0 Å². The molecule has 2 N–H and O–H groups in total. The van der Waals surface area contributed by atoms with E-state index in [1.54, 1.807) is 6.07 Å². The van der Waals surface area contributed by atoms with Crippen LogP contribution in [-0.4, -0.2) is 36.2 Å². The third-order valence-electron chi connectivity index (χ3n) is 3.00. The van der Waals surface area contributed by atoms with Crippen molar-refractivity contribution in [1.29, 1.82) is 0 Å². The minimum atomic E-state index is -1.52. The first-order chi connectivity index (χ1) is 9.85. The van der Waals surface area contributed by atoms with Crippen LogP contribution in [0.2, 0.25) is 0 Å². The lowest BCUT2D eigenvalue weighted by Gasteiger charge is -2.24. The van der Waals surface area contributed by atoms with Crippen molar-refractivity contribution in [2.45, 2.75) is 12.5 Å². The van der Waals surface area contributed by atoms with Gasteiger partial charge in [0.05, 0.1) is 11.5 Å². The van der Waals surface area contributed by atoms with Gasteiger partial charge < -0.3 is 15.2 Å². The number of nitrogens with one attached hydrogen (secondary N) is 1. The lowest BCUT2D eigenvalue weighted by atomic mass is 10.0. The van der Waals surface area contributed by atoms with Gasteiger partial charge in [0.2, 0.25) is 0 Å². The third-order valence-corrected chi connectivity index (χ3v) is 4.11. The van der Waals surface area contributed by atoms with Gasteiger partial charge in [0, 0.05) is 11.8 Å². The van der Waals surface area contributed by atoms with Crippen LogP contribution in [0.25, 0.3) is 10.1 Å². The number of hydrogen-bond acceptors (Lipinski definition) is 4. The predicted octanol–water partition coefficient (Wildman–Crippen LogP) is 2.26. The Hall–Kier alpha value is -1.99. The molecule has 112 valence electrons. The average Bonchev–Trinajstić information content (AvgIpc) is 2.81. The quantitative estimate of drug-likeness (QED) is 0.888. The van der Waals surface area contributed by atoms with Crippen molar-refractivity contribution in [3.63, 3.8) is 0 Å². The number of carbonyl (C=O) groups excluding carboxylic acids is 1. The first kappa shape index (κ1) is 15.4. The molecule has 0 saturated heterocycles. The van der Waals surface area contributed by atoms with Crippen LogP contribution in [0.1, 0.15) is 16.6 Å². The number of fused-ring (bicyclic) bond motifs is 1. The number of halogens is 1. The van der Waals surface area contributed by atoms with E-state index >= 15 is 0 Å². The molecule has 0 aliphatic rings. The summed E-state index contributed by atoms with van der Waals surface area (Å²) in [6.07, 6.45) is 0. The van der Waals surface area contributed by atoms with Gasteiger partial charge in [-0.25, -0.2) is 9.18 Å². The Morgan fingerprint density at radius 1 is 1.43 bits per heavy atom. The molecule has 21 heavy (non-hydrogen) atoms. The van der Waals surface area contributed by atoms with Gasteiger partial charge in [0.25, 0.3) is 5.91 Å². The Morgan fingerprint density at radius 2 is 2.14 bits per heavy atom. The second-order valence-corrected chi connectivity index (χ2v) is 5.90. The van der Waals surface area contributed by atoms with Crippen LogP contribution in [0.5, 0.6) is 0 Å². The SMILES string of the molecule is COCC(C)(NC(=O)c1cc2cc(F)ccc2s1)C(=O)O. The number of carboxylic acids is 1. The maximum absolute atomic E-state index is 13.1. The summed E-state index contributed by atoms with van der Waals surface area (Å²) in [6.45, 7) is 1.21. The van der Waals surface area contributed by atoms with Crippen LogP contribution in [0, 0.1) is 5.82 Å². The van der Waals surface area contributed by atoms with Crippen LogP contribution < -0.4 is 5.32 Å². The Balaban J connectivity index is 2.27. The van der Waals surface area contributed by atoms with E-state index in [-0.39, 0.29) is 12.4 Å². The second-order valence-electron chi connectivity index (χ2n) is 4.82. The normalized spacial score (nSPS) is 13.9. The van der Waals surface area contributed by atoms with Gasteiger partial charge in [-0.2, -0.15) is 0 Å². The largest absolute Gasteiger partial charge is 0.479 e. The zero-order valence-corrected chi connectivity index (χ0v) is 12.3. The van der Waals surface area contributed by atoms with E-state index in [0.717, 1.165) is 4.70 Å². The van der Waals surface area contributed by atoms with Crippen molar-refractivity contribution in [3.8, 4) is 0 Å². The van der Waals surface area contributed by atoms with E-state index < -0.39 is 17.4 Å². The molecule has 1 aromatic heterocycles. The molecule has 1 atom stereocenters. The zero-order valence-electron chi connectivity index (χ0n) is 11.5. The summed E-state index contributed by atoms with van der Waals surface area (Å²) >= 11 is 1.17. The molecule has 7 heteroatoms. The molecule has 0 saturated carbocycles. The van der Waals surface area contributed by atoms with Gasteiger partial charge in [-0.3, -0.25) is 4.79 Å². The van der Waals surface area contributed by atoms with Gasteiger partial charge in [0.1, 0.15) is 5.82 Å². The first-order valence-electron chi connectivity index (χ1n) is 6.09. The van der Waals surface area contributed by atoms with Crippen molar-refractivity contribution in [2.75, 3.05) is 13.7 Å². The maximum Gasteiger partial charge on any atom is 0.331 e. The Bertz CT molecular complexity index is 699. The molecule has 1 amide bonds. The van der Waals surface area contributed by atoms with Gasteiger partial charge >= 0.3 is 5.97 Å². The molecule has 1 heterocycles. The molecular weight excluding hydrogens is 297 g/mol. The summed E-state index contributed by atoms with van der Waals surface area (Å²) in [5.41, 5.74) is -1.52. The first-order valence-corrected chi connectivity index (χ1v) is 6.91. The monoisotopic (exact) mass is 311 g/mol. The molecule has 2 rings (SSSR count). The van der Waals surface area contributed by atoms with Gasteiger partial charge in [-0.1, -0.05) is 0 Å². The highest BCUT2D eigenvalue weighted by molar-refractivity contribution is 7.20. The molecule has 0 aliphatic heterocycles. The zero-order chi connectivity index (χ0) is 15.6. The minimum absolute atomic E-state index is 0.159. The number of amides is 1. The molecular formula is C14H14FNO4S. The van der Waals surface area contributed by atoms with Crippen LogP contribution in [-0.2, 0) is 9.53 Å². The van der Waals surface area contributed by atoms with E-state index in [1.165, 1.54) is 43.6 Å². The van der Waals surface area contributed by atoms with E-state index in [4.69, 9.17) is 4.74 Å². The van der Waals surface area contributed by atoms with E-state index in [1.807, 2.05) is 0 Å². The molecule has 0 fully saturated rings. The van der Waals surface area contributed by atoms with Crippen molar-refractivity contribution in [2.24, 2.45) is 0 Å². The fourth-order valence-electron chi connectivity index (χ4n) is 1.88. The highest BCUT2D eigenvalue weighted by Gasteiger charge is 2.35. The summed E-state index contributed by atoms with van der Waals surface area (Å²) in [5.74, 6) is -2.11. The Kier molecular flexibility index (Phi) is 4.24. The summed E-state index contributed by atoms with van der Waals surface area (Å²) in [7, 11) is 1.36. The molecule has 0 radical (unpaired) electrons. The number of benzene rings is 1. The molecule has 2 aromatic rings. The van der Waals surface area contributed by atoms with Gasteiger partial charge in [-0.05, 0) is 36.6 Å². The summed E-state index contributed by atoms with van der Waals surface area (Å²) in [6, 6.07) is 5.76. The van der Waals surface area contributed by atoms with Gasteiger partial charge in [-0.15, -0.1) is 11.3 Å². The fraction of sp³-hybridized carbons (Fsp3) is 0.286. The predicted molar refractivity (Wildman–Crippen MR) is 77.2 cm³/mol. The van der Waals surface area contributed by atoms with Crippen LogP contribution in [0.15, 0.2) is 24.3 Å². The smallest absolute Gasteiger partial charge is 0.331 e. The number of thiophene rings is 1. The fourth-order valence-corrected chi connectivity index (χ4v) is 2.82. The highest BCUT2D eigenvalue weighted by atomic mass is 32.1. The topological polar surface area (TPSA) is 75.6 Å². The lowest BCUT2D eigenvalue weighted by molar-refractivity contribution is -0.145. The Labute approximate surface area is 124 Å². The Morgan fingerprint density at radius 3 is 2.76 bits per heavy atom. The van der Waals surface area contributed by atoms with Crippen molar-refractivity contribution >= 4 is 33.3 Å². The summed E-state index contributed by atoms with van der Waals surface area (Å²) < 4.78 is 18.7. The maximum atomic E-state index is 13.1. The highest BCUT2D eigenvalue weighted by Crippen LogP contribution is 2.26. The molecule has 1 unspecified atom stereocenters. The van der Waals surface area contributed by atoms with Crippen LogP contribution >= 0.6 is 11.3 Å². The second kappa shape index (κ2) is 5.79. The number of aliphatic carboxylic acids is 1. The number of methoxy groups -OCH3 is 1. The van der Waals surface area contributed by atoms with E-state index in [9.17, 15) is 19.1 Å². The molecule has 0 spiro atoms. The number of ether oxygens (including phenoxy) is 1.